The number of nitrogens with zero attached hydrogens (tertiary/aromatic N) is 3. The Bertz CT molecular complexity index is 880. The van der Waals surface area contributed by atoms with Gasteiger partial charge in [0, 0.05) is 24.3 Å². The summed E-state index contributed by atoms with van der Waals surface area (Å²) < 4.78 is 0.931. The average Bonchev–Trinajstić information content (AvgIpc) is 3.02. The van der Waals surface area contributed by atoms with Gasteiger partial charge < -0.3 is 10.2 Å². The minimum Gasteiger partial charge on any atom is -0.324 e. The normalized spacial score (nSPS) is 14.0. The number of hydrogen-bond acceptors (Lipinski definition) is 4. The summed E-state index contributed by atoms with van der Waals surface area (Å²) >= 11 is 11.4. The number of aromatic nitrogens is 2. The molecule has 0 radical (unpaired) electrons. The van der Waals surface area contributed by atoms with Crippen LogP contribution in [-0.2, 0) is 16.1 Å². The smallest absolute Gasteiger partial charge is 0.287 e. The Balaban J connectivity index is 1.66. The maximum absolute atomic E-state index is 12.1. The van der Waals surface area contributed by atoms with Crippen molar-refractivity contribution in [2.75, 3.05) is 16.8 Å². The summed E-state index contributed by atoms with van der Waals surface area (Å²) in [7, 11) is 0. The lowest BCUT2D eigenvalue weighted by Gasteiger charge is -2.16. The highest BCUT2D eigenvalue weighted by atomic mass is 35.5. The highest BCUT2D eigenvalue weighted by molar-refractivity contribution is 6.41. The van der Waals surface area contributed by atoms with Gasteiger partial charge in [-0.2, -0.15) is 5.10 Å². The fourth-order valence-corrected chi connectivity index (χ4v) is 2.81. The first-order valence-corrected chi connectivity index (χ1v) is 8.32. The van der Waals surface area contributed by atoms with Gasteiger partial charge in [0.25, 0.3) is 5.56 Å². The third kappa shape index (κ3) is 3.83. The van der Waals surface area contributed by atoms with E-state index < -0.39 is 11.5 Å². The van der Waals surface area contributed by atoms with Gasteiger partial charge >= 0.3 is 0 Å². The van der Waals surface area contributed by atoms with Gasteiger partial charge in [-0.15, -0.1) is 0 Å². The van der Waals surface area contributed by atoms with Crippen LogP contribution in [0.15, 0.2) is 35.3 Å². The Kier molecular flexibility index (Phi) is 5.06. The predicted molar refractivity (Wildman–Crippen MR) is 95.2 cm³/mol. The molecular weight excluding hydrogens is 367 g/mol. The molecule has 2 amide bonds. The number of rotatable bonds is 4. The summed E-state index contributed by atoms with van der Waals surface area (Å²) in [6, 6.07) is 6.93. The lowest BCUT2D eigenvalue weighted by Crippen LogP contribution is -2.29. The van der Waals surface area contributed by atoms with Crippen LogP contribution in [0.3, 0.4) is 0 Å². The summed E-state index contributed by atoms with van der Waals surface area (Å²) in [4.78, 5) is 37.4. The van der Waals surface area contributed by atoms with Crippen molar-refractivity contribution in [1.82, 2.24) is 9.78 Å². The molecule has 25 heavy (non-hydrogen) atoms. The van der Waals surface area contributed by atoms with Crippen LogP contribution in [0.4, 0.5) is 11.4 Å². The second-order valence-corrected chi connectivity index (χ2v) is 6.30. The molecule has 1 aliphatic heterocycles. The molecule has 1 saturated heterocycles. The van der Waals surface area contributed by atoms with E-state index in [4.69, 9.17) is 23.2 Å². The minimum absolute atomic E-state index is 0.0374. The van der Waals surface area contributed by atoms with Crippen LogP contribution in [-0.4, -0.2) is 28.1 Å². The lowest BCUT2D eigenvalue weighted by atomic mass is 10.2. The molecule has 0 aliphatic carbocycles. The summed E-state index contributed by atoms with van der Waals surface area (Å²) in [5.41, 5.74) is 0.712. The monoisotopic (exact) mass is 380 g/mol. The first kappa shape index (κ1) is 17.4. The Morgan fingerprint density at radius 1 is 1.20 bits per heavy atom. The molecule has 0 saturated carbocycles. The van der Waals surface area contributed by atoms with Crippen molar-refractivity contribution in [1.29, 1.82) is 0 Å². The first-order chi connectivity index (χ1) is 12.0. The minimum atomic E-state index is -0.632. The van der Waals surface area contributed by atoms with Gasteiger partial charge in [0.1, 0.15) is 11.6 Å². The van der Waals surface area contributed by atoms with E-state index in [1.54, 1.807) is 29.2 Å². The molecule has 3 rings (SSSR count). The zero-order valence-electron chi connectivity index (χ0n) is 13.0. The van der Waals surface area contributed by atoms with Crippen molar-refractivity contribution in [2.45, 2.75) is 19.4 Å². The summed E-state index contributed by atoms with van der Waals surface area (Å²) in [5.74, 6) is -0.333. The van der Waals surface area contributed by atoms with E-state index in [9.17, 15) is 14.4 Å². The molecule has 1 fully saturated rings. The van der Waals surface area contributed by atoms with E-state index in [2.05, 4.69) is 10.4 Å². The van der Waals surface area contributed by atoms with Gasteiger partial charge in [0.15, 0.2) is 0 Å². The highest BCUT2D eigenvalue weighted by Crippen LogP contribution is 2.23. The molecule has 0 spiro atoms. The quantitative estimate of drug-likeness (QED) is 0.881. The van der Waals surface area contributed by atoms with Crippen molar-refractivity contribution < 1.29 is 9.59 Å². The maximum atomic E-state index is 12.1. The molecule has 7 nitrogen and oxygen atoms in total. The number of anilines is 2. The Morgan fingerprint density at radius 3 is 2.56 bits per heavy atom. The molecule has 1 aromatic carbocycles. The number of nitrogens with one attached hydrogen (secondary N) is 1. The zero-order valence-corrected chi connectivity index (χ0v) is 14.5. The second-order valence-electron chi connectivity index (χ2n) is 5.51. The molecule has 0 unspecified atom stereocenters. The molecule has 0 bridgehead atoms. The average molecular weight is 381 g/mol. The van der Waals surface area contributed by atoms with Gasteiger partial charge in [0.2, 0.25) is 11.8 Å². The summed E-state index contributed by atoms with van der Waals surface area (Å²) in [5, 5.41) is 6.30. The maximum Gasteiger partial charge on any atom is 0.287 e. The van der Waals surface area contributed by atoms with Gasteiger partial charge in [-0.25, -0.2) is 4.68 Å². The number of benzene rings is 1. The molecule has 130 valence electrons. The van der Waals surface area contributed by atoms with Crippen molar-refractivity contribution >= 4 is 46.4 Å². The van der Waals surface area contributed by atoms with Gasteiger partial charge in [-0.3, -0.25) is 14.4 Å². The topological polar surface area (TPSA) is 84.3 Å². The Morgan fingerprint density at radius 2 is 1.92 bits per heavy atom. The van der Waals surface area contributed by atoms with Crippen LogP contribution < -0.4 is 15.8 Å². The van der Waals surface area contributed by atoms with Crippen LogP contribution in [0.25, 0.3) is 0 Å². The van der Waals surface area contributed by atoms with Crippen LogP contribution >= 0.6 is 23.2 Å². The van der Waals surface area contributed by atoms with Crippen molar-refractivity contribution in [2.24, 2.45) is 0 Å². The van der Waals surface area contributed by atoms with Gasteiger partial charge in [-0.1, -0.05) is 23.2 Å². The third-order valence-corrected chi connectivity index (χ3v) is 4.52. The van der Waals surface area contributed by atoms with Crippen molar-refractivity contribution in [3.8, 4) is 0 Å². The SMILES string of the molecule is O=C(Cn1ncc(Cl)c(Cl)c1=O)Nc1ccc(N2CCCC2=O)cc1. The van der Waals surface area contributed by atoms with Crippen LogP contribution in [0, 0.1) is 0 Å². The largest absolute Gasteiger partial charge is 0.324 e. The van der Waals surface area contributed by atoms with E-state index in [0.29, 0.717) is 18.7 Å². The number of carbonyl (C=O) groups excluding carboxylic acids is 2. The standard InChI is InChI=1S/C16H14Cl2N4O3/c17-12-8-19-22(16(25)15(12)18)9-13(23)20-10-3-5-11(6-4-10)21-7-1-2-14(21)24/h3-6,8H,1-2,7,9H2,(H,20,23). The van der Waals surface area contributed by atoms with E-state index in [1.807, 2.05) is 0 Å². The third-order valence-electron chi connectivity index (χ3n) is 3.77. The highest BCUT2D eigenvalue weighted by Gasteiger charge is 2.21. The van der Waals surface area contributed by atoms with E-state index in [1.165, 1.54) is 6.20 Å². The first-order valence-electron chi connectivity index (χ1n) is 7.57. The molecular formula is C16H14Cl2N4O3. The Labute approximate surface area is 153 Å². The van der Waals surface area contributed by atoms with Crippen LogP contribution in [0.2, 0.25) is 10.0 Å². The van der Waals surface area contributed by atoms with Crippen LogP contribution in [0.5, 0.6) is 0 Å². The van der Waals surface area contributed by atoms with Crippen molar-refractivity contribution in [3.05, 3.63) is 50.9 Å². The van der Waals surface area contributed by atoms with Crippen LogP contribution in [0.1, 0.15) is 12.8 Å². The van der Waals surface area contributed by atoms with E-state index in [0.717, 1.165) is 16.8 Å². The molecule has 2 heterocycles. The lowest BCUT2D eigenvalue weighted by molar-refractivity contribution is -0.117. The van der Waals surface area contributed by atoms with Gasteiger partial charge in [-0.05, 0) is 30.7 Å². The molecule has 1 aromatic heterocycles. The molecule has 0 atom stereocenters. The van der Waals surface area contributed by atoms with Gasteiger partial charge in [0.05, 0.1) is 11.2 Å². The second kappa shape index (κ2) is 7.25. The summed E-state index contributed by atoms with van der Waals surface area (Å²) in [6.07, 6.45) is 2.62. The number of hydrogen-bond donors (Lipinski definition) is 1. The number of amides is 2. The summed E-state index contributed by atoms with van der Waals surface area (Å²) in [6.45, 7) is 0.415. The molecule has 1 N–H and O–H groups in total. The van der Waals surface area contributed by atoms with E-state index in [-0.39, 0.29) is 22.5 Å². The molecule has 9 heteroatoms. The number of halogens is 2. The number of carbonyl (C=O) groups is 2. The van der Waals surface area contributed by atoms with E-state index >= 15 is 0 Å². The fraction of sp³-hybridized carbons (Fsp3) is 0.250. The molecule has 2 aromatic rings. The molecule has 1 aliphatic rings. The Hall–Kier alpha value is -2.38. The predicted octanol–water partition coefficient (Wildman–Crippen LogP) is 2.32. The van der Waals surface area contributed by atoms with Crippen molar-refractivity contribution in [3.63, 3.8) is 0 Å². The fourth-order valence-electron chi connectivity index (χ4n) is 2.54. The zero-order chi connectivity index (χ0) is 18.0.